The zero-order valence-electron chi connectivity index (χ0n) is 15.4. The molecule has 0 saturated carbocycles. The number of carbonyl (C=O) groups is 3. The van der Waals surface area contributed by atoms with E-state index >= 15 is 0 Å². The standard InChI is InChI=1S/C18H24N2O5/c1-10-7-12(15(19)21)8-11(2)13(10)9-14(16(22)24-6)20-17(23)25-18(3,4)5/h7-9H,1-6H3,(H2,19,21)(H,20,23)/b14-9+. The van der Waals surface area contributed by atoms with Crippen LogP contribution in [0, 0.1) is 13.8 Å². The van der Waals surface area contributed by atoms with Crippen molar-refractivity contribution in [2.75, 3.05) is 7.11 Å². The predicted octanol–water partition coefficient (Wildman–Crippen LogP) is 2.44. The van der Waals surface area contributed by atoms with Gasteiger partial charge in [-0.05, 0) is 69.5 Å². The van der Waals surface area contributed by atoms with Gasteiger partial charge in [-0.2, -0.15) is 0 Å². The monoisotopic (exact) mass is 348 g/mol. The molecular formula is C18H24N2O5. The predicted molar refractivity (Wildman–Crippen MR) is 93.8 cm³/mol. The molecule has 0 atom stereocenters. The second-order valence-corrected chi connectivity index (χ2v) is 6.56. The van der Waals surface area contributed by atoms with Gasteiger partial charge < -0.3 is 15.2 Å². The number of amides is 2. The van der Waals surface area contributed by atoms with Crippen molar-refractivity contribution in [3.8, 4) is 0 Å². The van der Waals surface area contributed by atoms with Gasteiger partial charge >= 0.3 is 12.1 Å². The summed E-state index contributed by atoms with van der Waals surface area (Å²) in [6.07, 6.45) is 0.707. The van der Waals surface area contributed by atoms with Gasteiger partial charge in [0.1, 0.15) is 11.3 Å². The lowest BCUT2D eigenvalue weighted by Crippen LogP contribution is -2.34. The van der Waals surface area contributed by atoms with E-state index in [9.17, 15) is 14.4 Å². The van der Waals surface area contributed by atoms with E-state index in [0.717, 1.165) is 11.1 Å². The quantitative estimate of drug-likeness (QED) is 0.642. The van der Waals surface area contributed by atoms with Crippen molar-refractivity contribution in [3.05, 3.63) is 40.1 Å². The first-order chi connectivity index (χ1) is 11.4. The molecule has 7 nitrogen and oxygen atoms in total. The molecule has 1 aromatic rings. The molecular weight excluding hydrogens is 324 g/mol. The maximum absolute atomic E-state index is 12.0. The summed E-state index contributed by atoms with van der Waals surface area (Å²) in [6.45, 7) is 8.68. The number of primary amides is 1. The third kappa shape index (κ3) is 5.95. The Morgan fingerprint density at radius 1 is 1.12 bits per heavy atom. The van der Waals surface area contributed by atoms with Crippen LogP contribution in [0.3, 0.4) is 0 Å². The summed E-state index contributed by atoms with van der Waals surface area (Å²) in [5.74, 6) is -1.26. The van der Waals surface area contributed by atoms with Crippen LogP contribution in [0.25, 0.3) is 6.08 Å². The molecule has 0 spiro atoms. The van der Waals surface area contributed by atoms with Crippen LogP contribution in [0.2, 0.25) is 0 Å². The van der Waals surface area contributed by atoms with Crippen LogP contribution in [0.15, 0.2) is 17.8 Å². The summed E-state index contributed by atoms with van der Waals surface area (Å²) in [5, 5.41) is 2.40. The van der Waals surface area contributed by atoms with Crippen molar-refractivity contribution in [3.63, 3.8) is 0 Å². The average molecular weight is 348 g/mol. The molecule has 0 aliphatic carbocycles. The molecule has 136 valence electrons. The van der Waals surface area contributed by atoms with E-state index in [0.29, 0.717) is 11.1 Å². The molecule has 0 fully saturated rings. The minimum absolute atomic E-state index is 0.0743. The van der Waals surface area contributed by atoms with Crippen LogP contribution in [-0.4, -0.2) is 30.7 Å². The summed E-state index contributed by atoms with van der Waals surface area (Å²) in [7, 11) is 1.21. The van der Waals surface area contributed by atoms with Gasteiger partial charge in [0.15, 0.2) is 0 Å². The molecule has 7 heteroatoms. The Balaban J connectivity index is 3.26. The smallest absolute Gasteiger partial charge is 0.412 e. The maximum Gasteiger partial charge on any atom is 0.412 e. The van der Waals surface area contributed by atoms with Gasteiger partial charge in [-0.15, -0.1) is 0 Å². The number of alkyl carbamates (subject to hydrolysis) is 1. The third-order valence-corrected chi connectivity index (χ3v) is 3.21. The van der Waals surface area contributed by atoms with Crippen molar-refractivity contribution >= 4 is 24.0 Å². The fraction of sp³-hybridized carbons (Fsp3) is 0.389. The first kappa shape index (κ1) is 20.2. The minimum Gasteiger partial charge on any atom is -0.464 e. The van der Waals surface area contributed by atoms with Gasteiger partial charge in [-0.3, -0.25) is 10.1 Å². The molecule has 1 rings (SSSR count). The Morgan fingerprint density at radius 3 is 2.04 bits per heavy atom. The summed E-state index contributed by atoms with van der Waals surface area (Å²) in [6, 6.07) is 3.23. The average Bonchev–Trinajstić information content (AvgIpc) is 2.46. The van der Waals surface area contributed by atoms with Crippen LogP contribution >= 0.6 is 0 Å². The van der Waals surface area contributed by atoms with E-state index < -0.39 is 23.6 Å². The van der Waals surface area contributed by atoms with Gasteiger partial charge in [0.2, 0.25) is 5.91 Å². The second-order valence-electron chi connectivity index (χ2n) is 6.56. The topological polar surface area (TPSA) is 108 Å². The number of rotatable bonds is 4. The molecule has 0 aromatic heterocycles. The fourth-order valence-electron chi connectivity index (χ4n) is 2.16. The molecule has 0 aliphatic rings. The van der Waals surface area contributed by atoms with Crippen molar-refractivity contribution in [2.45, 2.75) is 40.2 Å². The summed E-state index contributed by atoms with van der Waals surface area (Å²) >= 11 is 0. The zero-order chi connectivity index (χ0) is 19.4. The molecule has 1 aromatic carbocycles. The lowest BCUT2D eigenvalue weighted by molar-refractivity contribution is -0.136. The number of methoxy groups -OCH3 is 1. The first-order valence-corrected chi connectivity index (χ1v) is 7.65. The molecule has 0 radical (unpaired) electrons. The van der Waals surface area contributed by atoms with E-state index in [1.165, 1.54) is 13.2 Å². The van der Waals surface area contributed by atoms with E-state index in [1.807, 2.05) is 0 Å². The van der Waals surface area contributed by atoms with Crippen LogP contribution in [-0.2, 0) is 14.3 Å². The number of hydrogen-bond donors (Lipinski definition) is 2. The normalized spacial score (nSPS) is 11.7. The summed E-state index contributed by atoms with van der Waals surface area (Å²) < 4.78 is 9.86. The van der Waals surface area contributed by atoms with E-state index in [2.05, 4.69) is 5.32 Å². The van der Waals surface area contributed by atoms with Gasteiger partial charge in [0, 0.05) is 5.56 Å². The van der Waals surface area contributed by atoms with Crippen LogP contribution in [0.1, 0.15) is 47.8 Å². The van der Waals surface area contributed by atoms with Crippen LogP contribution in [0.4, 0.5) is 4.79 Å². The van der Waals surface area contributed by atoms with E-state index in [4.69, 9.17) is 15.2 Å². The van der Waals surface area contributed by atoms with Crippen molar-refractivity contribution in [1.82, 2.24) is 5.32 Å². The number of nitrogens with one attached hydrogen (secondary N) is 1. The summed E-state index contributed by atoms with van der Waals surface area (Å²) in [4.78, 5) is 35.3. The number of aryl methyl sites for hydroxylation is 2. The van der Waals surface area contributed by atoms with Crippen molar-refractivity contribution in [1.29, 1.82) is 0 Å². The number of benzene rings is 1. The molecule has 2 amide bonds. The minimum atomic E-state index is -0.770. The Bertz CT molecular complexity index is 706. The molecule has 0 unspecified atom stereocenters. The number of hydrogen-bond acceptors (Lipinski definition) is 5. The lowest BCUT2D eigenvalue weighted by atomic mass is 9.98. The van der Waals surface area contributed by atoms with Crippen LogP contribution in [0.5, 0.6) is 0 Å². The first-order valence-electron chi connectivity index (χ1n) is 7.65. The van der Waals surface area contributed by atoms with Crippen molar-refractivity contribution in [2.24, 2.45) is 5.73 Å². The highest BCUT2D eigenvalue weighted by atomic mass is 16.6. The maximum atomic E-state index is 12.0. The second kappa shape index (κ2) is 7.83. The van der Waals surface area contributed by atoms with Gasteiger partial charge in [-0.25, -0.2) is 9.59 Å². The Morgan fingerprint density at radius 2 is 1.64 bits per heavy atom. The van der Waals surface area contributed by atoms with Gasteiger partial charge in [0.25, 0.3) is 0 Å². The highest BCUT2D eigenvalue weighted by molar-refractivity contribution is 5.98. The van der Waals surface area contributed by atoms with Crippen LogP contribution < -0.4 is 11.1 Å². The largest absolute Gasteiger partial charge is 0.464 e. The lowest BCUT2D eigenvalue weighted by Gasteiger charge is -2.20. The van der Waals surface area contributed by atoms with Gasteiger partial charge in [0.05, 0.1) is 7.11 Å². The molecule has 0 bridgehead atoms. The molecule has 25 heavy (non-hydrogen) atoms. The van der Waals surface area contributed by atoms with E-state index in [1.54, 1.807) is 46.8 Å². The molecule has 0 saturated heterocycles. The van der Waals surface area contributed by atoms with E-state index in [-0.39, 0.29) is 5.70 Å². The molecule has 3 N–H and O–H groups in total. The number of ether oxygens (including phenoxy) is 2. The Labute approximate surface area is 147 Å². The summed E-state index contributed by atoms with van der Waals surface area (Å²) in [5.41, 5.74) is 7.00. The van der Waals surface area contributed by atoms with Gasteiger partial charge in [-0.1, -0.05) is 0 Å². The number of carbonyl (C=O) groups excluding carboxylic acids is 3. The third-order valence-electron chi connectivity index (χ3n) is 3.21. The van der Waals surface area contributed by atoms with Crippen molar-refractivity contribution < 1.29 is 23.9 Å². The number of esters is 1. The highest BCUT2D eigenvalue weighted by Gasteiger charge is 2.20. The fourth-order valence-corrected chi connectivity index (χ4v) is 2.16. The Hall–Kier alpha value is -2.83. The molecule has 0 heterocycles. The highest BCUT2D eigenvalue weighted by Crippen LogP contribution is 2.20. The SMILES string of the molecule is COC(=O)/C(=C\c1c(C)cc(C(N)=O)cc1C)NC(=O)OC(C)(C)C. The Kier molecular flexibility index (Phi) is 6.33. The number of nitrogens with two attached hydrogens (primary N) is 1. The molecule has 0 aliphatic heterocycles. The zero-order valence-corrected chi connectivity index (χ0v) is 15.4.